The number of rotatable bonds is 4. The molecule has 0 aliphatic carbocycles. The molecule has 2 aromatic rings. The molecule has 92 valence electrons. The number of nitrogens with one attached hydrogen (secondary N) is 1. The molecule has 0 spiro atoms. The Kier molecular flexibility index (Phi) is 4.23. The van der Waals surface area contributed by atoms with Gasteiger partial charge in [-0.2, -0.15) is 0 Å². The highest BCUT2D eigenvalue weighted by atomic mass is 32.2. The number of hydrogen-bond donors (Lipinski definition) is 2. The Morgan fingerprint density at radius 1 is 1.17 bits per heavy atom. The van der Waals surface area contributed by atoms with Gasteiger partial charge >= 0.3 is 0 Å². The van der Waals surface area contributed by atoms with Crippen molar-refractivity contribution in [2.45, 2.75) is 4.90 Å². The third-order valence-electron chi connectivity index (χ3n) is 2.54. The van der Waals surface area contributed by atoms with Crippen LogP contribution >= 0.6 is 24.0 Å². The number of thiocarbonyl (C=S) groups is 1. The molecule has 0 atom stereocenters. The van der Waals surface area contributed by atoms with Crippen molar-refractivity contribution < 1.29 is 0 Å². The fourth-order valence-electron chi connectivity index (χ4n) is 1.66. The summed E-state index contributed by atoms with van der Waals surface area (Å²) in [5.74, 6) is 0. The Bertz CT molecular complexity index is 567. The molecule has 0 unspecified atom stereocenters. The summed E-state index contributed by atoms with van der Waals surface area (Å²) >= 11 is 6.76. The molecule has 0 aliphatic rings. The van der Waals surface area contributed by atoms with Crippen LogP contribution in [-0.2, 0) is 0 Å². The number of benzene rings is 2. The predicted molar refractivity (Wildman–Crippen MR) is 83.8 cm³/mol. The van der Waals surface area contributed by atoms with Gasteiger partial charge < -0.3 is 11.1 Å². The van der Waals surface area contributed by atoms with Gasteiger partial charge in [-0.1, -0.05) is 30.4 Å². The summed E-state index contributed by atoms with van der Waals surface area (Å²) in [6.07, 6.45) is 2.06. The highest BCUT2D eigenvalue weighted by Gasteiger charge is 2.04. The summed E-state index contributed by atoms with van der Waals surface area (Å²) in [5.41, 5.74) is 8.54. The molecule has 0 heterocycles. The molecule has 0 bridgehead atoms. The van der Waals surface area contributed by atoms with E-state index < -0.39 is 0 Å². The Labute approximate surface area is 117 Å². The van der Waals surface area contributed by atoms with Gasteiger partial charge in [-0.15, -0.1) is 11.8 Å². The van der Waals surface area contributed by atoms with E-state index in [1.165, 1.54) is 4.90 Å². The summed E-state index contributed by atoms with van der Waals surface area (Å²) in [6, 6.07) is 16.0. The van der Waals surface area contributed by atoms with Gasteiger partial charge in [0.05, 0.1) is 0 Å². The van der Waals surface area contributed by atoms with Crippen molar-refractivity contribution >= 4 is 40.3 Å². The van der Waals surface area contributed by atoms with Crippen LogP contribution in [0.4, 0.5) is 11.4 Å². The first-order valence-electron chi connectivity index (χ1n) is 5.50. The van der Waals surface area contributed by atoms with E-state index >= 15 is 0 Å². The average molecular weight is 274 g/mol. The van der Waals surface area contributed by atoms with Crippen LogP contribution in [0.15, 0.2) is 53.4 Å². The van der Waals surface area contributed by atoms with Crippen molar-refractivity contribution in [1.82, 2.24) is 0 Å². The van der Waals surface area contributed by atoms with Crippen molar-refractivity contribution in [3.8, 4) is 0 Å². The first-order chi connectivity index (χ1) is 8.70. The molecule has 0 radical (unpaired) electrons. The predicted octanol–water partition coefficient (Wildman–Crippen LogP) is 3.79. The fraction of sp³-hybridized carbons (Fsp3) is 0.0714. The monoisotopic (exact) mass is 274 g/mol. The molecule has 2 rings (SSSR count). The average Bonchev–Trinajstić information content (AvgIpc) is 2.39. The number of thioether (sulfide) groups is 1. The topological polar surface area (TPSA) is 38.0 Å². The number of para-hydroxylation sites is 1. The molecule has 0 saturated heterocycles. The van der Waals surface area contributed by atoms with Gasteiger partial charge in [0.1, 0.15) is 4.99 Å². The lowest BCUT2D eigenvalue weighted by Crippen LogP contribution is -2.11. The molecular weight excluding hydrogens is 260 g/mol. The fourth-order valence-corrected chi connectivity index (χ4v) is 2.30. The maximum Gasteiger partial charge on any atom is 0.106 e. The van der Waals surface area contributed by atoms with Gasteiger partial charge in [0.25, 0.3) is 0 Å². The largest absolute Gasteiger partial charge is 0.389 e. The van der Waals surface area contributed by atoms with Crippen molar-refractivity contribution in [2.75, 3.05) is 11.6 Å². The SMILES string of the molecule is CSc1cccc(Nc2ccccc2C(N)=S)c1. The van der Waals surface area contributed by atoms with Crippen LogP contribution in [0, 0.1) is 0 Å². The zero-order valence-corrected chi connectivity index (χ0v) is 11.6. The molecule has 0 aliphatic heterocycles. The van der Waals surface area contributed by atoms with Gasteiger partial charge in [-0.05, 0) is 36.6 Å². The Balaban J connectivity index is 2.31. The molecule has 0 amide bonds. The molecule has 2 nitrogen and oxygen atoms in total. The van der Waals surface area contributed by atoms with Crippen LogP contribution in [0.25, 0.3) is 0 Å². The lowest BCUT2D eigenvalue weighted by Gasteiger charge is -2.11. The number of nitrogens with two attached hydrogens (primary N) is 1. The summed E-state index contributed by atoms with van der Waals surface area (Å²) in [6.45, 7) is 0. The van der Waals surface area contributed by atoms with E-state index in [2.05, 4.69) is 23.7 Å². The van der Waals surface area contributed by atoms with E-state index in [1.807, 2.05) is 36.4 Å². The van der Waals surface area contributed by atoms with Gasteiger partial charge in [0.15, 0.2) is 0 Å². The van der Waals surface area contributed by atoms with E-state index in [0.717, 1.165) is 16.9 Å². The zero-order valence-electron chi connectivity index (χ0n) is 10.0. The van der Waals surface area contributed by atoms with Crippen LogP contribution in [0.5, 0.6) is 0 Å². The van der Waals surface area contributed by atoms with Crippen LogP contribution in [0.2, 0.25) is 0 Å². The second kappa shape index (κ2) is 5.89. The molecule has 18 heavy (non-hydrogen) atoms. The quantitative estimate of drug-likeness (QED) is 0.657. The summed E-state index contributed by atoms with van der Waals surface area (Å²) in [5, 5.41) is 3.35. The normalized spacial score (nSPS) is 10.1. The van der Waals surface area contributed by atoms with Crippen molar-refractivity contribution in [3.05, 3.63) is 54.1 Å². The van der Waals surface area contributed by atoms with E-state index in [9.17, 15) is 0 Å². The third-order valence-corrected chi connectivity index (χ3v) is 3.49. The highest BCUT2D eigenvalue weighted by molar-refractivity contribution is 7.98. The Hall–Kier alpha value is -1.52. The van der Waals surface area contributed by atoms with Crippen LogP contribution in [-0.4, -0.2) is 11.2 Å². The van der Waals surface area contributed by atoms with E-state index in [4.69, 9.17) is 18.0 Å². The minimum atomic E-state index is 0.402. The van der Waals surface area contributed by atoms with Crippen molar-refractivity contribution in [2.24, 2.45) is 5.73 Å². The molecule has 4 heteroatoms. The molecule has 0 aromatic heterocycles. The number of anilines is 2. The molecule has 2 aromatic carbocycles. The van der Waals surface area contributed by atoms with Gasteiger partial charge in [-0.25, -0.2) is 0 Å². The van der Waals surface area contributed by atoms with E-state index in [-0.39, 0.29) is 0 Å². The molecular formula is C14H14N2S2. The third kappa shape index (κ3) is 3.03. The molecule has 0 saturated carbocycles. The van der Waals surface area contributed by atoms with Crippen LogP contribution in [0.1, 0.15) is 5.56 Å². The summed E-state index contributed by atoms with van der Waals surface area (Å²) in [4.78, 5) is 1.62. The zero-order chi connectivity index (χ0) is 13.0. The van der Waals surface area contributed by atoms with E-state index in [1.54, 1.807) is 11.8 Å². The minimum Gasteiger partial charge on any atom is -0.389 e. The standard InChI is InChI=1S/C14H14N2S2/c1-18-11-6-4-5-10(9-11)16-13-8-3-2-7-12(13)14(15)17/h2-9,16H,1H3,(H2,15,17). The van der Waals surface area contributed by atoms with Crippen molar-refractivity contribution in [1.29, 1.82) is 0 Å². The maximum absolute atomic E-state index is 5.71. The first kappa shape index (κ1) is 12.9. The smallest absolute Gasteiger partial charge is 0.106 e. The highest BCUT2D eigenvalue weighted by Crippen LogP contribution is 2.24. The molecule has 0 fully saturated rings. The van der Waals surface area contributed by atoms with Gasteiger partial charge in [-0.3, -0.25) is 0 Å². The maximum atomic E-state index is 5.71. The summed E-state index contributed by atoms with van der Waals surface area (Å²) in [7, 11) is 0. The minimum absolute atomic E-state index is 0.402. The van der Waals surface area contributed by atoms with Crippen LogP contribution in [0.3, 0.4) is 0 Å². The lowest BCUT2D eigenvalue weighted by molar-refractivity contribution is 1.43. The van der Waals surface area contributed by atoms with Gasteiger partial charge in [0.2, 0.25) is 0 Å². The second-order valence-corrected chi connectivity index (χ2v) is 5.09. The first-order valence-corrected chi connectivity index (χ1v) is 7.14. The van der Waals surface area contributed by atoms with Crippen molar-refractivity contribution in [3.63, 3.8) is 0 Å². The van der Waals surface area contributed by atoms with Crippen LogP contribution < -0.4 is 11.1 Å². The Morgan fingerprint density at radius 3 is 2.67 bits per heavy atom. The number of hydrogen-bond acceptors (Lipinski definition) is 3. The lowest BCUT2D eigenvalue weighted by atomic mass is 10.1. The van der Waals surface area contributed by atoms with Gasteiger partial charge in [0, 0.05) is 21.8 Å². The van der Waals surface area contributed by atoms with E-state index in [0.29, 0.717) is 4.99 Å². The summed E-state index contributed by atoms with van der Waals surface area (Å²) < 4.78 is 0. The second-order valence-electron chi connectivity index (χ2n) is 3.77. The molecule has 3 N–H and O–H groups in total. The Morgan fingerprint density at radius 2 is 1.94 bits per heavy atom.